The number of hydrogen-bond donors (Lipinski definition) is 1. The van der Waals surface area contributed by atoms with Crippen molar-refractivity contribution < 1.29 is 24.2 Å². The van der Waals surface area contributed by atoms with E-state index in [0.717, 1.165) is 17.5 Å². The van der Waals surface area contributed by atoms with Crippen LogP contribution >= 0.6 is 0 Å². The maximum absolute atomic E-state index is 12.7. The van der Waals surface area contributed by atoms with Gasteiger partial charge in [0.2, 0.25) is 0 Å². The molecule has 22 heavy (non-hydrogen) atoms. The van der Waals surface area contributed by atoms with E-state index in [0.29, 0.717) is 26.3 Å². The number of morpholine rings is 1. The van der Waals surface area contributed by atoms with Crippen molar-refractivity contribution in [2.75, 3.05) is 26.3 Å². The Balaban J connectivity index is 1.73. The van der Waals surface area contributed by atoms with E-state index in [1.54, 1.807) is 4.90 Å². The van der Waals surface area contributed by atoms with Gasteiger partial charge in [0, 0.05) is 13.1 Å². The minimum absolute atomic E-state index is 0.0914. The van der Waals surface area contributed by atoms with E-state index in [1.165, 1.54) is 0 Å². The van der Waals surface area contributed by atoms with E-state index in [-0.39, 0.29) is 12.3 Å². The van der Waals surface area contributed by atoms with Crippen molar-refractivity contribution in [1.29, 1.82) is 0 Å². The van der Waals surface area contributed by atoms with Crippen molar-refractivity contribution in [2.24, 2.45) is 0 Å². The van der Waals surface area contributed by atoms with Gasteiger partial charge in [0.1, 0.15) is 0 Å². The molecule has 6 heteroatoms. The minimum Gasteiger partial charge on any atom is -0.481 e. The Kier molecular flexibility index (Phi) is 4.40. The summed E-state index contributed by atoms with van der Waals surface area (Å²) < 4.78 is 11.1. The van der Waals surface area contributed by atoms with Crippen LogP contribution in [-0.2, 0) is 25.5 Å². The van der Waals surface area contributed by atoms with Gasteiger partial charge in [-0.2, -0.15) is 0 Å². The van der Waals surface area contributed by atoms with Gasteiger partial charge in [-0.15, -0.1) is 0 Å². The Morgan fingerprint density at radius 2 is 2.05 bits per heavy atom. The van der Waals surface area contributed by atoms with Gasteiger partial charge >= 0.3 is 5.97 Å². The molecule has 2 heterocycles. The molecule has 0 aromatic heterocycles. The first-order valence-corrected chi connectivity index (χ1v) is 7.46. The molecule has 118 valence electrons. The minimum atomic E-state index is -0.918. The number of ether oxygens (including phenoxy) is 2. The summed E-state index contributed by atoms with van der Waals surface area (Å²) in [5, 5.41) is 8.86. The fourth-order valence-corrected chi connectivity index (χ4v) is 3.00. The van der Waals surface area contributed by atoms with E-state index in [9.17, 15) is 9.59 Å². The van der Waals surface area contributed by atoms with Gasteiger partial charge in [-0.1, -0.05) is 24.3 Å². The predicted molar refractivity (Wildman–Crippen MR) is 77.4 cm³/mol. The summed E-state index contributed by atoms with van der Waals surface area (Å²) in [7, 11) is 0. The van der Waals surface area contributed by atoms with Crippen LogP contribution in [0.25, 0.3) is 0 Å². The normalized spacial score (nSPS) is 24.6. The number of hydrogen-bond acceptors (Lipinski definition) is 4. The van der Waals surface area contributed by atoms with E-state index >= 15 is 0 Å². The second-order valence-electron chi connectivity index (χ2n) is 5.57. The molecular weight excluding hydrogens is 286 g/mol. The lowest BCUT2D eigenvalue weighted by Gasteiger charge is -2.36. The number of benzene rings is 1. The molecule has 1 aromatic rings. The maximum atomic E-state index is 12.7. The Labute approximate surface area is 128 Å². The van der Waals surface area contributed by atoms with Crippen LogP contribution in [0.2, 0.25) is 0 Å². The molecule has 2 aliphatic rings. The Morgan fingerprint density at radius 1 is 1.23 bits per heavy atom. The van der Waals surface area contributed by atoms with Crippen LogP contribution in [0.15, 0.2) is 24.3 Å². The second kappa shape index (κ2) is 6.46. The summed E-state index contributed by atoms with van der Waals surface area (Å²) in [5.74, 6) is -1.02. The number of carbonyl (C=O) groups excluding carboxylic acids is 1. The third kappa shape index (κ3) is 3.13. The zero-order chi connectivity index (χ0) is 15.5. The molecule has 0 radical (unpaired) electrons. The highest BCUT2D eigenvalue weighted by Gasteiger charge is 2.34. The molecule has 0 spiro atoms. The first kappa shape index (κ1) is 15.0. The molecular formula is C16H19NO5. The van der Waals surface area contributed by atoms with Gasteiger partial charge in [0.05, 0.1) is 25.7 Å². The number of nitrogens with zero attached hydrogens (tertiary/aromatic N) is 1. The standard InChI is InChI=1S/C16H19NO5/c18-14(19)9-12-10-17(6-8-21-12)16(20)15-13-4-2-1-3-11(13)5-7-22-15/h1-4,12,15H,5-10H2,(H,18,19)/t12-,15-/m1/s1. The molecule has 1 fully saturated rings. The average Bonchev–Trinajstić information content (AvgIpc) is 2.53. The van der Waals surface area contributed by atoms with E-state index < -0.39 is 18.2 Å². The third-order valence-corrected chi connectivity index (χ3v) is 4.07. The Morgan fingerprint density at radius 3 is 2.86 bits per heavy atom. The van der Waals surface area contributed by atoms with Gasteiger partial charge in [-0.05, 0) is 17.5 Å². The zero-order valence-electron chi connectivity index (χ0n) is 12.2. The Bertz CT molecular complexity index is 573. The number of fused-ring (bicyclic) bond motifs is 1. The van der Waals surface area contributed by atoms with Crippen LogP contribution in [0, 0.1) is 0 Å². The van der Waals surface area contributed by atoms with Crippen LogP contribution in [0.3, 0.4) is 0 Å². The smallest absolute Gasteiger partial charge is 0.306 e. The highest BCUT2D eigenvalue weighted by molar-refractivity contribution is 5.83. The van der Waals surface area contributed by atoms with Crippen molar-refractivity contribution in [3.63, 3.8) is 0 Å². The molecule has 1 N–H and O–H groups in total. The monoisotopic (exact) mass is 305 g/mol. The second-order valence-corrected chi connectivity index (χ2v) is 5.57. The Hall–Kier alpha value is -1.92. The van der Waals surface area contributed by atoms with Crippen molar-refractivity contribution in [3.8, 4) is 0 Å². The molecule has 1 amide bonds. The van der Waals surface area contributed by atoms with Gasteiger partial charge in [0.15, 0.2) is 6.10 Å². The summed E-state index contributed by atoms with van der Waals surface area (Å²) in [6, 6.07) is 7.81. The molecule has 2 aliphatic heterocycles. The van der Waals surface area contributed by atoms with E-state index in [2.05, 4.69) is 0 Å². The predicted octanol–water partition coefficient (Wildman–Crippen LogP) is 1.00. The molecule has 0 unspecified atom stereocenters. The molecule has 1 aromatic carbocycles. The summed E-state index contributed by atoms with van der Waals surface area (Å²) >= 11 is 0. The lowest BCUT2D eigenvalue weighted by molar-refractivity contribution is -0.156. The van der Waals surface area contributed by atoms with Crippen LogP contribution in [0.4, 0.5) is 0 Å². The lowest BCUT2D eigenvalue weighted by atomic mass is 9.96. The van der Waals surface area contributed by atoms with Gasteiger partial charge in [-0.3, -0.25) is 9.59 Å². The van der Waals surface area contributed by atoms with Crippen molar-refractivity contribution in [3.05, 3.63) is 35.4 Å². The maximum Gasteiger partial charge on any atom is 0.306 e. The molecule has 0 aliphatic carbocycles. The van der Waals surface area contributed by atoms with Crippen molar-refractivity contribution in [1.82, 2.24) is 4.90 Å². The molecule has 0 bridgehead atoms. The number of carbonyl (C=O) groups is 2. The number of rotatable bonds is 3. The summed E-state index contributed by atoms with van der Waals surface area (Å²) in [6.07, 6.45) is -0.320. The molecule has 1 saturated heterocycles. The van der Waals surface area contributed by atoms with Crippen LogP contribution in [-0.4, -0.2) is 54.3 Å². The number of carboxylic acid groups (broad SMARTS) is 1. The van der Waals surface area contributed by atoms with Crippen LogP contribution in [0.1, 0.15) is 23.7 Å². The van der Waals surface area contributed by atoms with Gasteiger partial charge in [-0.25, -0.2) is 0 Å². The number of carboxylic acids is 1. The highest BCUT2D eigenvalue weighted by atomic mass is 16.5. The van der Waals surface area contributed by atoms with Crippen molar-refractivity contribution in [2.45, 2.75) is 25.0 Å². The first-order chi connectivity index (χ1) is 10.6. The molecule has 2 atom stereocenters. The summed E-state index contributed by atoms with van der Waals surface area (Å²) in [5.41, 5.74) is 2.06. The third-order valence-electron chi connectivity index (χ3n) is 4.07. The molecule has 6 nitrogen and oxygen atoms in total. The largest absolute Gasteiger partial charge is 0.481 e. The highest BCUT2D eigenvalue weighted by Crippen LogP contribution is 2.29. The average molecular weight is 305 g/mol. The summed E-state index contributed by atoms with van der Waals surface area (Å²) in [4.78, 5) is 25.2. The zero-order valence-corrected chi connectivity index (χ0v) is 12.2. The van der Waals surface area contributed by atoms with Gasteiger partial charge < -0.3 is 19.5 Å². The number of amides is 1. The van der Waals surface area contributed by atoms with Crippen LogP contribution in [0.5, 0.6) is 0 Å². The van der Waals surface area contributed by atoms with Gasteiger partial charge in [0.25, 0.3) is 5.91 Å². The number of aliphatic carboxylic acids is 1. The quantitative estimate of drug-likeness (QED) is 0.901. The van der Waals surface area contributed by atoms with E-state index in [4.69, 9.17) is 14.6 Å². The van der Waals surface area contributed by atoms with E-state index in [1.807, 2.05) is 24.3 Å². The first-order valence-electron chi connectivity index (χ1n) is 7.46. The summed E-state index contributed by atoms with van der Waals surface area (Å²) in [6.45, 7) is 1.65. The topological polar surface area (TPSA) is 76.1 Å². The van der Waals surface area contributed by atoms with Crippen LogP contribution < -0.4 is 0 Å². The fourth-order valence-electron chi connectivity index (χ4n) is 3.00. The van der Waals surface area contributed by atoms with Crippen molar-refractivity contribution >= 4 is 11.9 Å². The fraction of sp³-hybridized carbons (Fsp3) is 0.500. The molecule has 0 saturated carbocycles. The SMILES string of the molecule is O=C(O)C[C@@H]1CN(C(=O)[C@@H]2OCCc3ccccc32)CCO1. The lowest BCUT2D eigenvalue weighted by Crippen LogP contribution is -2.48. The molecule has 3 rings (SSSR count).